The number of rotatable bonds is 6. The predicted molar refractivity (Wildman–Crippen MR) is 103 cm³/mol. The fourth-order valence-corrected chi connectivity index (χ4v) is 2.40. The van der Waals surface area contributed by atoms with E-state index in [2.05, 4.69) is 4.99 Å². The third kappa shape index (κ3) is 5.58. The van der Waals surface area contributed by atoms with Crippen molar-refractivity contribution in [2.45, 2.75) is 33.6 Å². The van der Waals surface area contributed by atoms with Gasteiger partial charge in [-0.2, -0.15) is 13.2 Å². The van der Waals surface area contributed by atoms with E-state index >= 15 is 0 Å². The van der Waals surface area contributed by atoms with E-state index in [0.717, 1.165) is 17.2 Å². The van der Waals surface area contributed by atoms with E-state index in [0.29, 0.717) is 12.1 Å². The number of carbonyl (C=O) groups excluding carboxylic acids is 1. The number of alkyl halides is 3. The van der Waals surface area contributed by atoms with Crippen molar-refractivity contribution in [3.8, 4) is 0 Å². The van der Waals surface area contributed by atoms with Crippen LogP contribution >= 0.6 is 0 Å². The Labute approximate surface area is 162 Å². The maximum atomic E-state index is 13.5. The molecule has 0 aromatic heterocycles. The minimum Gasteiger partial charge on any atom is -0.457 e. The van der Waals surface area contributed by atoms with E-state index in [4.69, 9.17) is 4.74 Å². The van der Waals surface area contributed by atoms with Gasteiger partial charge in [-0.1, -0.05) is 29.8 Å². The van der Waals surface area contributed by atoms with Gasteiger partial charge in [0.15, 0.2) is 0 Å². The molecule has 2 rings (SSSR count). The number of nitrogens with zero attached hydrogens (tertiary/aromatic N) is 2. The fraction of sp³-hybridized carbons (Fsp3) is 0.333. The maximum Gasteiger partial charge on any atom is 0.418 e. The van der Waals surface area contributed by atoms with E-state index in [1.165, 1.54) is 12.4 Å². The van der Waals surface area contributed by atoms with Gasteiger partial charge >= 0.3 is 12.1 Å². The molecule has 0 spiro atoms. The lowest BCUT2D eigenvalue weighted by atomic mass is 10.0. The van der Waals surface area contributed by atoms with Crippen LogP contribution in [0.15, 0.2) is 41.4 Å². The number of halogens is 3. The molecular formula is C21H23F3N2O2. The van der Waals surface area contributed by atoms with Gasteiger partial charge in [-0.05, 0) is 44.0 Å². The minimum absolute atomic E-state index is 0.0128. The highest BCUT2D eigenvalue weighted by Gasteiger charge is 2.35. The predicted octanol–water partition coefficient (Wildman–Crippen LogP) is 5.29. The second kappa shape index (κ2) is 8.91. The summed E-state index contributed by atoms with van der Waals surface area (Å²) < 4.78 is 45.6. The minimum atomic E-state index is -4.64. The molecule has 150 valence electrons. The number of aliphatic imine (C=N–C) groups is 1. The molecular weight excluding hydrogens is 369 g/mol. The maximum absolute atomic E-state index is 13.5. The number of hydrogen-bond donors (Lipinski definition) is 0. The molecule has 28 heavy (non-hydrogen) atoms. The normalized spacial score (nSPS) is 11.7. The third-order valence-corrected chi connectivity index (χ3v) is 4.25. The molecule has 0 radical (unpaired) electrons. The van der Waals surface area contributed by atoms with Gasteiger partial charge in [0, 0.05) is 13.6 Å². The summed E-state index contributed by atoms with van der Waals surface area (Å²) in [5.41, 5.74) is 0.860. The first-order valence-electron chi connectivity index (χ1n) is 8.80. The van der Waals surface area contributed by atoms with Crippen LogP contribution in [0.1, 0.15) is 39.5 Å². The quantitative estimate of drug-likeness (QED) is 0.381. The average molecular weight is 392 g/mol. The highest BCUT2D eigenvalue weighted by Crippen LogP contribution is 2.38. The smallest absolute Gasteiger partial charge is 0.418 e. The Morgan fingerprint density at radius 3 is 2.39 bits per heavy atom. The van der Waals surface area contributed by atoms with Crippen LogP contribution < -0.4 is 0 Å². The summed E-state index contributed by atoms with van der Waals surface area (Å²) in [6.45, 7) is 5.94. The van der Waals surface area contributed by atoms with Crippen LogP contribution in [0.2, 0.25) is 0 Å². The Bertz CT molecular complexity index is 859. The third-order valence-electron chi connectivity index (χ3n) is 4.25. The molecule has 0 aliphatic rings. The summed E-state index contributed by atoms with van der Waals surface area (Å²) in [7, 11) is 1.71. The lowest BCUT2D eigenvalue weighted by Crippen LogP contribution is -2.15. The van der Waals surface area contributed by atoms with Crippen LogP contribution in [-0.2, 0) is 17.5 Å². The molecule has 2 aromatic rings. The van der Waals surface area contributed by atoms with E-state index in [9.17, 15) is 18.0 Å². The van der Waals surface area contributed by atoms with Crippen LogP contribution in [0.25, 0.3) is 0 Å². The summed E-state index contributed by atoms with van der Waals surface area (Å²) >= 11 is 0. The Balaban J connectivity index is 2.29. The Kier molecular flexibility index (Phi) is 6.83. The topological polar surface area (TPSA) is 41.9 Å². The molecule has 0 fully saturated rings. The second-order valence-electron chi connectivity index (χ2n) is 6.56. The van der Waals surface area contributed by atoms with Gasteiger partial charge in [0.25, 0.3) is 0 Å². The van der Waals surface area contributed by atoms with Gasteiger partial charge in [0.05, 0.1) is 23.2 Å². The summed E-state index contributed by atoms with van der Waals surface area (Å²) in [5.74, 6) is -0.801. The molecule has 0 saturated carbocycles. The molecule has 0 unspecified atom stereocenters. The van der Waals surface area contributed by atoms with Crippen LogP contribution in [-0.4, -0.2) is 30.8 Å². The zero-order chi connectivity index (χ0) is 20.9. The van der Waals surface area contributed by atoms with Crippen molar-refractivity contribution in [1.29, 1.82) is 0 Å². The lowest BCUT2D eigenvalue weighted by Gasteiger charge is -2.15. The van der Waals surface area contributed by atoms with Gasteiger partial charge in [0.2, 0.25) is 0 Å². The van der Waals surface area contributed by atoms with Crippen molar-refractivity contribution in [3.05, 3.63) is 64.2 Å². The van der Waals surface area contributed by atoms with Crippen molar-refractivity contribution in [1.82, 2.24) is 4.90 Å². The number of carbonyl (C=O) groups is 1. The SMILES string of the molecule is CCN(C)C=Nc1cc(C)c(C(=O)OCc2ccc(C)cc2)cc1C(F)(F)F. The van der Waals surface area contributed by atoms with Crippen LogP contribution in [0.5, 0.6) is 0 Å². The van der Waals surface area contributed by atoms with Gasteiger partial charge in [-0.3, -0.25) is 0 Å². The standard InChI is InChI=1S/C21H23F3N2O2/c1-5-26(4)13-25-19-10-15(3)17(11-18(19)21(22,23)24)20(27)28-12-16-8-6-14(2)7-9-16/h6-11,13H,5,12H2,1-4H3. The molecule has 0 aliphatic heterocycles. The summed E-state index contributed by atoms with van der Waals surface area (Å²) in [6.07, 6.45) is -3.31. The first kappa shape index (κ1) is 21.5. The molecule has 2 aromatic carbocycles. The molecule has 0 atom stereocenters. The first-order chi connectivity index (χ1) is 13.1. The van der Waals surface area contributed by atoms with Crippen molar-refractivity contribution < 1.29 is 22.7 Å². The fourth-order valence-electron chi connectivity index (χ4n) is 2.40. The molecule has 0 amide bonds. The second-order valence-corrected chi connectivity index (χ2v) is 6.56. The molecule has 0 heterocycles. The molecule has 0 N–H and O–H groups in total. The number of esters is 1. The van der Waals surface area contributed by atoms with Crippen molar-refractivity contribution in [2.75, 3.05) is 13.6 Å². The van der Waals surface area contributed by atoms with E-state index in [1.54, 1.807) is 31.0 Å². The molecule has 0 aliphatic carbocycles. The summed E-state index contributed by atoms with van der Waals surface area (Å²) in [5, 5.41) is 0. The van der Waals surface area contributed by atoms with E-state index in [-0.39, 0.29) is 17.9 Å². The zero-order valence-corrected chi connectivity index (χ0v) is 16.3. The van der Waals surface area contributed by atoms with Gasteiger partial charge in [0.1, 0.15) is 6.61 Å². The Morgan fingerprint density at radius 1 is 1.18 bits per heavy atom. The molecule has 4 nitrogen and oxygen atoms in total. The summed E-state index contributed by atoms with van der Waals surface area (Å²) in [4.78, 5) is 18.0. The van der Waals surface area contributed by atoms with Crippen molar-refractivity contribution in [3.63, 3.8) is 0 Å². The monoisotopic (exact) mass is 392 g/mol. The van der Waals surface area contributed by atoms with E-state index < -0.39 is 17.7 Å². The average Bonchev–Trinajstić information content (AvgIpc) is 2.64. The number of hydrogen-bond acceptors (Lipinski definition) is 3. The van der Waals surface area contributed by atoms with Crippen LogP contribution in [0.3, 0.4) is 0 Å². The van der Waals surface area contributed by atoms with Crippen molar-refractivity contribution >= 4 is 18.0 Å². The summed E-state index contributed by atoms with van der Waals surface area (Å²) in [6, 6.07) is 9.42. The van der Waals surface area contributed by atoms with Crippen LogP contribution in [0, 0.1) is 13.8 Å². The van der Waals surface area contributed by atoms with Gasteiger partial charge in [-0.15, -0.1) is 0 Å². The molecule has 0 bridgehead atoms. The number of benzene rings is 2. The Morgan fingerprint density at radius 2 is 1.82 bits per heavy atom. The lowest BCUT2D eigenvalue weighted by molar-refractivity contribution is -0.137. The zero-order valence-electron chi connectivity index (χ0n) is 16.3. The van der Waals surface area contributed by atoms with Gasteiger partial charge < -0.3 is 9.64 Å². The highest BCUT2D eigenvalue weighted by atomic mass is 19.4. The van der Waals surface area contributed by atoms with Crippen molar-refractivity contribution in [2.24, 2.45) is 4.99 Å². The Hall–Kier alpha value is -2.83. The first-order valence-corrected chi connectivity index (χ1v) is 8.80. The number of ether oxygens (including phenoxy) is 1. The highest BCUT2D eigenvalue weighted by molar-refractivity contribution is 5.92. The number of aryl methyl sites for hydroxylation is 2. The van der Waals surface area contributed by atoms with E-state index in [1.807, 2.05) is 26.0 Å². The van der Waals surface area contributed by atoms with Gasteiger partial charge in [-0.25, -0.2) is 9.79 Å². The van der Waals surface area contributed by atoms with Crippen LogP contribution in [0.4, 0.5) is 18.9 Å². The molecule has 7 heteroatoms. The largest absolute Gasteiger partial charge is 0.457 e. The molecule has 0 saturated heterocycles.